The molecule has 0 spiro atoms. The number of pyridine rings is 1. The molecule has 0 N–H and O–H groups in total. The summed E-state index contributed by atoms with van der Waals surface area (Å²) in [5.74, 6) is 1.27. The van der Waals surface area contributed by atoms with Gasteiger partial charge in [0.05, 0.1) is 4.90 Å². The molecule has 1 aliphatic heterocycles. The van der Waals surface area contributed by atoms with Crippen molar-refractivity contribution >= 4 is 20.8 Å². The first-order valence-corrected chi connectivity index (χ1v) is 13.0. The summed E-state index contributed by atoms with van der Waals surface area (Å²) >= 11 is 0. The second kappa shape index (κ2) is 8.83. The normalized spacial score (nSPS) is 21.9. The van der Waals surface area contributed by atoms with Gasteiger partial charge in [0.25, 0.3) is 0 Å². The molecular formula is C26H30N2O3S. The molecule has 3 aromatic rings. The topological polar surface area (TPSA) is 59.5 Å². The Bertz CT molecular complexity index is 1220. The number of rotatable bonds is 5. The molecule has 0 radical (unpaired) electrons. The molecule has 0 amide bonds. The number of hydrogen-bond donors (Lipinski definition) is 0. The smallest absolute Gasteiger partial charge is 0.243 e. The summed E-state index contributed by atoms with van der Waals surface area (Å²) in [6.07, 6.45) is 8.17. The molecule has 2 fully saturated rings. The van der Waals surface area contributed by atoms with Crippen molar-refractivity contribution in [2.75, 3.05) is 6.54 Å². The highest BCUT2D eigenvalue weighted by Gasteiger charge is 2.37. The van der Waals surface area contributed by atoms with Crippen LogP contribution in [0.1, 0.15) is 49.8 Å². The van der Waals surface area contributed by atoms with Crippen LogP contribution in [0, 0.1) is 12.8 Å². The summed E-state index contributed by atoms with van der Waals surface area (Å²) in [6.45, 7) is 2.91. The maximum absolute atomic E-state index is 13.8. The van der Waals surface area contributed by atoms with Gasteiger partial charge in [-0.3, -0.25) is 4.98 Å². The second-order valence-corrected chi connectivity index (χ2v) is 11.0. The Morgan fingerprint density at radius 1 is 1.06 bits per heavy atom. The number of ether oxygens (including phenoxy) is 1. The van der Waals surface area contributed by atoms with Crippen LogP contribution in [0.5, 0.6) is 5.75 Å². The van der Waals surface area contributed by atoms with Crippen LogP contribution in [-0.2, 0) is 16.6 Å². The van der Waals surface area contributed by atoms with Crippen molar-refractivity contribution in [1.29, 1.82) is 0 Å². The SMILES string of the molecule is Cc1ncccc1COc1cc(S(=O)(=O)N2CCCC3CCCC2C3)cc2ccccc12. The van der Waals surface area contributed by atoms with Crippen molar-refractivity contribution in [3.63, 3.8) is 0 Å². The molecule has 2 aliphatic rings. The lowest BCUT2D eigenvalue weighted by atomic mass is 9.84. The number of benzene rings is 2. The molecule has 1 saturated heterocycles. The first kappa shape index (κ1) is 21.4. The number of aryl methyl sites for hydroxylation is 1. The van der Waals surface area contributed by atoms with E-state index < -0.39 is 10.0 Å². The van der Waals surface area contributed by atoms with Crippen LogP contribution in [0.25, 0.3) is 10.8 Å². The van der Waals surface area contributed by atoms with Gasteiger partial charge in [-0.2, -0.15) is 4.31 Å². The van der Waals surface area contributed by atoms with Crippen LogP contribution >= 0.6 is 0 Å². The van der Waals surface area contributed by atoms with Gasteiger partial charge in [-0.05, 0) is 56.0 Å². The van der Waals surface area contributed by atoms with Crippen molar-refractivity contribution in [2.24, 2.45) is 5.92 Å². The molecule has 6 heteroatoms. The lowest BCUT2D eigenvalue weighted by Crippen LogP contribution is -2.41. The Labute approximate surface area is 190 Å². The minimum absolute atomic E-state index is 0.120. The predicted octanol–water partition coefficient (Wildman–Crippen LogP) is 5.47. The first-order valence-electron chi connectivity index (χ1n) is 11.6. The van der Waals surface area contributed by atoms with Gasteiger partial charge < -0.3 is 4.74 Å². The van der Waals surface area contributed by atoms with Crippen LogP contribution < -0.4 is 4.74 Å². The second-order valence-electron chi connectivity index (χ2n) is 9.12. The van der Waals surface area contributed by atoms with Gasteiger partial charge in [-0.15, -0.1) is 0 Å². The summed E-state index contributed by atoms with van der Waals surface area (Å²) in [6, 6.07) is 15.3. The molecule has 5 rings (SSSR count). The summed E-state index contributed by atoms with van der Waals surface area (Å²) in [5, 5.41) is 1.80. The van der Waals surface area contributed by atoms with E-state index in [0.717, 1.165) is 54.1 Å². The van der Waals surface area contributed by atoms with E-state index in [2.05, 4.69) is 4.98 Å². The summed E-state index contributed by atoms with van der Waals surface area (Å²) < 4.78 is 35.6. The molecule has 2 aromatic carbocycles. The van der Waals surface area contributed by atoms with Gasteiger partial charge in [-0.25, -0.2) is 8.42 Å². The summed E-state index contributed by atoms with van der Waals surface area (Å²) in [4.78, 5) is 4.66. The Morgan fingerprint density at radius 2 is 1.91 bits per heavy atom. The maximum atomic E-state index is 13.8. The fraction of sp³-hybridized carbons (Fsp3) is 0.423. The van der Waals surface area contributed by atoms with E-state index in [-0.39, 0.29) is 6.04 Å². The Kier molecular flexibility index (Phi) is 5.91. The molecular weight excluding hydrogens is 420 g/mol. The van der Waals surface area contributed by atoms with Crippen LogP contribution in [0.3, 0.4) is 0 Å². The van der Waals surface area contributed by atoms with Gasteiger partial charge >= 0.3 is 0 Å². The molecule has 2 atom stereocenters. The molecule has 1 aliphatic carbocycles. The van der Waals surface area contributed by atoms with Crippen LogP contribution in [0.2, 0.25) is 0 Å². The minimum atomic E-state index is -3.60. The van der Waals surface area contributed by atoms with E-state index in [1.165, 1.54) is 6.42 Å². The maximum Gasteiger partial charge on any atom is 0.243 e. The average molecular weight is 451 g/mol. The highest BCUT2D eigenvalue weighted by Crippen LogP contribution is 2.38. The molecule has 1 aromatic heterocycles. The summed E-state index contributed by atoms with van der Waals surface area (Å²) in [7, 11) is -3.60. The molecule has 2 heterocycles. The van der Waals surface area contributed by atoms with Crippen molar-refractivity contribution < 1.29 is 13.2 Å². The Morgan fingerprint density at radius 3 is 2.78 bits per heavy atom. The van der Waals surface area contributed by atoms with Gasteiger partial charge in [-0.1, -0.05) is 43.2 Å². The van der Waals surface area contributed by atoms with Gasteiger partial charge in [0.1, 0.15) is 12.4 Å². The van der Waals surface area contributed by atoms with E-state index in [1.54, 1.807) is 22.6 Å². The van der Waals surface area contributed by atoms with Crippen LogP contribution in [0.15, 0.2) is 59.6 Å². The number of fused-ring (bicyclic) bond motifs is 3. The third-order valence-corrected chi connectivity index (χ3v) is 8.99. The van der Waals surface area contributed by atoms with Gasteiger partial charge in [0, 0.05) is 41.5 Å². The first-order chi connectivity index (χ1) is 15.5. The zero-order valence-corrected chi connectivity index (χ0v) is 19.4. The van der Waals surface area contributed by atoms with Crippen molar-refractivity contribution in [3.05, 3.63) is 66.0 Å². The molecule has 32 heavy (non-hydrogen) atoms. The van der Waals surface area contributed by atoms with Gasteiger partial charge in [0.2, 0.25) is 10.0 Å². The molecule has 1 saturated carbocycles. The average Bonchev–Trinajstić information content (AvgIpc) is 2.95. The standard InChI is InChI=1S/C26H30N2O3S/c1-19-22(10-5-13-27-19)18-31-26-17-24(16-21-9-2-3-12-25(21)26)32(29,30)28-14-6-8-20-7-4-11-23(28)15-20/h2-3,5,9-10,12-13,16-17,20,23H,4,6-8,11,14-15,18H2,1H3. The highest BCUT2D eigenvalue weighted by atomic mass is 32.2. The van der Waals surface area contributed by atoms with E-state index in [4.69, 9.17) is 4.74 Å². The van der Waals surface area contributed by atoms with Crippen molar-refractivity contribution in [1.82, 2.24) is 9.29 Å². The summed E-state index contributed by atoms with van der Waals surface area (Å²) in [5.41, 5.74) is 1.91. The largest absolute Gasteiger partial charge is 0.488 e. The fourth-order valence-corrected chi connectivity index (χ4v) is 7.06. The number of aromatic nitrogens is 1. The van der Waals surface area contributed by atoms with E-state index >= 15 is 0 Å². The predicted molar refractivity (Wildman–Crippen MR) is 126 cm³/mol. The monoisotopic (exact) mass is 450 g/mol. The van der Waals surface area contributed by atoms with Gasteiger partial charge in [0.15, 0.2) is 0 Å². The van der Waals surface area contributed by atoms with Crippen LogP contribution in [0.4, 0.5) is 0 Å². The highest BCUT2D eigenvalue weighted by molar-refractivity contribution is 7.89. The minimum Gasteiger partial charge on any atom is -0.488 e. The van der Waals surface area contributed by atoms with E-state index in [0.29, 0.717) is 29.7 Å². The lowest BCUT2D eigenvalue weighted by molar-refractivity contribution is 0.238. The van der Waals surface area contributed by atoms with Crippen LogP contribution in [-0.4, -0.2) is 30.3 Å². The number of hydrogen-bond acceptors (Lipinski definition) is 4. The number of nitrogens with zero attached hydrogens (tertiary/aromatic N) is 2. The molecule has 168 valence electrons. The Balaban J connectivity index is 1.51. The van der Waals surface area contributed by atoms with E-state index in [9.17, 15) is 8.42 Å². The third-order valence-electron chi connectivity index (χ3n) is 7.06. The van der Waals surface area contributed by atoms with Crippen molar-refractivity contribution in [3.8, 4) is 5.75 Å². The number of sulfonamides is 1. The third kappa shape index (κ3) is 4.14. The molecule has 2 bridgehead atoms. The Hall–Kier alpha value is -2.44. The quantitative estimate of drug-likeness (QED) is 0.517. The lowest BCUT2D eigenvalue weighted by Gasteiger charge is -2.33. The fourth-order valence-electron chi connectivity index (χ4n) is 5.30. The van der Waals surface area contributed by atoms with Crippen molar-refractivity contribution in [2.45, 2.75) is 63.0 Å². The zero-order chi connectivity index (χ0) is 22.1. The zero-order valence-electron chi connectivity index (χ0n) is 18.5. The molecule has 2 unspecified atom stereocenters. The molecule has 5 nitrogen and oxygen atoms in total. The van der Waals surface area contributed by atoms with E-state index in [1.807, 2.05) is 43.3 Å².